The Morgan fingerprint density at radius 1 is 1.00 bits per heavy atom. The number of carbonyl (C=O) groups is 2. The number of amides is 1. The zero-order chi connectivity index (χ0) is 24.9. The Kier molecular flexibility index (Phi) is 7.46. The lowest BCUT2D eigenvalue weighted by molar-refractivity contribution is -0.125. The lowest BCUT2D eigenvalue weighted by Gasteiger charge is -2.17. The monoisotopic (exact) mass is 485 g/mol. The van der Waals surface area contributed by atoms with Gasteiger partial charge >= 0.3 is 0 Å². The number of hydrogen-bond acceptors (Lipinski definition) is 5. The van der Waals surface area contributed by atoms with Gasteiger partial charge < -0.3 is 5.32 Å². The van der Waals surface area contributed by atoms with Gasteiger partial charge in [-0.2, -0.15) is 0 Å². The van der Waals surface area contributed by atoms with Crippen molar-refractivity contribution in [3.63, 3.8) is 0 Å². The minimum absolute atomic E-state index is 0.0221. The molecule has 0 saturated carbocycles. The third kappa shape index (κ3) is 5.69. The van der Waals surface area contributed by atoms with Crippen molar-refractivity contribution in [1.82, 2.24) is 14.9 Å². The molecule has 0 fully saturated rings. The van der Waals surface area contributed by atoms with Crippen LogP contribution in [-0.2, 0) is 16.0 Å². The predicted molar refractivity (Wildman–Crippen MR) is 140 cm³/mol. The van der Waals surface area contributed by atoms with Crippen LogP contribution in [0.3, 0.4) is 0 Å². The van der Waals surface area contributed by atoms with Crippen LogP contribution < -0.4 is 10.9 Å². The molecule has 0 radical (unpaired) electrons. The van der Waals surface area contributed by atoms with Crippen LogP contribution in [0.5, 0.6) is 0 Å². The van der Waals surface area contributed by atoms with Crippen molar-refractivity contribution in [1.29, 1.82) is 0 Å². The summed E-state index contributed by atoms with van der Waals surface area (Å²) in [6.07, 6.45) is 0.425. The summed E-state index contributed by atoms with van der Waals surface area (Å²) >= 11 is 1.18. The molecular weight excluding hydrogens is 458 g/mol. The van der Waals surface area contributed by atoms with Crippen LogP contribution in [0.4, 0.5) is 0 Å². The second-order valence-electron chi connectivity index (χ2n) is 8.55. The van der Waals surface area contributed by atoms with Gasteiger partial charge in [-0.1, -0.05) is 71.9 Å². The minimum atomic E-state index is -0.614. The Bertz CT molecular complexity index is 1450. The largest absolute Gasteiger partial charge is 0.345 e. The lowest BCUT2D eigenvalue weighted by Crippen LogP contribution is -2.42. The van der Waals surface area contributed by atoms with E-state index in [9.17, 15) is 14.4 Å². The minimum Gasteiger partial charge on any atom is -0.345 e. The molecule has 178 valence electrons. The topological polar surface area (TPSA) is 81.1 Å². The fourth-order valence-corrected chi connectivity index (χ4v) is 4.81. The molecule has 6 nitrogen and oxygen atoms in total. The fraction of sp³-hybridized carbons (Fsp3) is 0.214. The maximum atomic E-state index is 13.5. The summed E-state index contributed by atoms with van der Waals surface area (Å²) in [5.41, 5.74) is 4.13. The average Bonchev–Trinajstić information content (AvgIpc) is 2.84. The number of rotatable bonds is 8. The molecule has 1 amide bonds. The number of hydrogen-bond donors (Lipinski definition) is 1. The van der Waals surface area contributed by atoms with Gasteiger partial charge in [0.05, 0.1) is 28.4 Å². The highest BCUT2D eigenvalue weighted by molar-refractivity contribution is 7.99. The molecule has 0 aliphatic heterocycles. The number of carbonyl (C=O) groups excluding carboxylic acids is 2. The molecule has 1 N–H and O–H groups in total. The summed E-state index contributed by atoms with van der Waals surface area (Å²) < 4.78 is 1.57. The van der Waals surface area contributed by atoms with E-state index >= 15 is 0 Å². The molecule has 4 aromatic rings. The van der Waals surface area contributed by atoms with Gasteiger partial charge in [-0.05, 0) is 56.5 Å². The summed E-state index contributed by atoms with van der Waals surface area (Å²) in [4.78, 5) is 43.2. The van der Waals surface area contributed by atoms with Crippen molar-refractivity contribution in [2.75, 3.05) is 5.75 Å². The summed E-state index contributed by atoms with van der Waals surface area (Å²) in [5.74, 6) is -0.377. The number of Topliss-reactive ketones (excluding diaryl/α,β-unsaturated/α-hetero) is 1. The highest BCUT2D eigenvalue weighted by atomic mass is 32.2. The molecule has 1 aromatic heterocycles. The van der Waals surface area contributed by atoms with Crippen molar-refractivity contribution >= 4 is 34.4 Å². The molecule has 1 heterocycles. The van der Waals surface area contributed by atoms with Crippen LogP contribution in [0, 0.1) is 13.8 Å². The molecule has 0 aliphatic carbocycles. The Balaban J connectivity index is 1.61. The number of aryl methyl sites for hydroxylation is 2. The predicted octanol–water partition coefficient (Wildman–Crippen LogP) is 4.41. The van der Waals surface area contributed by atoms with E-state index in [0.717, 1.165) is 22.4 Å². The highest BCUT2D eigenvalue weighted by Crippen LogP contribution is 2.23. The number of thioether (sulfide) groups is 1. The first-order chi connectivity index (χ1) is 16.8. The number of para-hydroxylation sites is 1. The Labute approximate surface area is 208 Å². The third-order valence-electron chi connectivity index (χ3n) is 5.78. The summed E-state index contributed by atoms with van der Waals surface area (Å²) in [5, 5.41) is 3.78. The second kappa shape index (κ2) is 10.7. The van der Waals surface area contributed by atoms with Gasteiger partial charge in [0.2, 0.25) is 5.91 Å². The maximum absolute atomic E-state index is 13.5. The first-order valence-electron chi connectivity index (χ1n) is 11.4. The summed E-state index contributed by atoms with van der Waals surface area (Å²) in [7, 11) is 0. The number of nitrogens with zero attached hydrogens (tertiary/aromatic N) is 2. The zero-order valence-electron chi connectivity index (χ0n) is 19.9. The Morgan fingerprint density at radius 3 is 2.43 bits per heavy atom. The molecule has 1 atom stereocenters. The normalized spacial score (nSPS) is 11.9. The van der Waals surface area contributed by atoms with E-state index in [4.69, 9.17) is 4.98 Å². The van der Waals surface area contributed by atoms with Crippen LogP contribution in [0.2, 0.25) is 0 Å². The van der Waals surface area contributed by atoms with Crippen molar-refractivity contribution in [2.45, 2.75) is 38.4 Å². The highest BCUT2D eigenvalue weighted by Gasteiger charge is 2.20. The molecule has 0 spiro atoms. The lowest BCUT2D eigenvalue weighted by atomic mass is 10.0. The van der Waals surface area contributed by atoms with Gasteiger partial charge in [0, 0.05) is 0 Å². The van der Waals surface area contributed by atoms with Crippen molar-refractivity contribution in [2.24, 2.45) is 0 Å². The standard InChI is InChI=1S/C28H27N3O3S/c1-18-13-14-25(19(2)15-18)31-27(34)22-11-7-8-12-23(22)30-28(31)35-17-26(33)29-24(20(3)32)16-21-9-5-4-6-10-21/h4-15,24H,16-17H2,1-3H3,(H,29,33). The average molecular weight is 486 g/mol. The number of aromatic nitrogens is 2. The number of fused-ring (bicyclic) bond motifs is 1. The van der Waals surface area contributed by atoms with Gasteiger partial charge in [0.25, 0.3) is 5.56 Å². The maximum Gasteiger partial charge on any atom is 0.266 e. The van der Waals surface area contributed by atoms with Crippen LogP contribution in [0.1, 0.15) is 23.6 Å². The van der Waals surface area contributed by atoms with E-state index in [1.165, 1.54) is 18.7 Å². The summed E-state index contributed by atoms with van der Waals surface area (Å²) in [6.45, 7) is 5.43. The molecular formula is C28H27N3O3S. The van der Waals surface area contributed by atoms with Gasteiger partial charge in [-0.15, -0.1) is 0 Å². The molecule has 7 heteroatoms. The van der Waals surface area contributed by atoms with Crippen molar-refractivity contribution in [3.05, 3.63) is 99.8 Å². The quantitative estimate of drug-likeness (QED) is 0.295. The van der Waals surface area contributed by atoms with E-state index in [-0.39, 0.29) is 23.0 Å². The van der Waals surface area contributed by atoms with E-state index in [1.807, 2.05) is 74.5 Å². The number of ketones is 1. The summed E-state index contributed by atoms with van der Waals surface area (Å²) in [6, 6.07) is 22.0. The smallest absolute Gasteiger partial charge is 0.266 e. The van der Waals surface area contributed by atoms with E-state index in [0.29, 0.717) is 22.5 Å². The molecule has 4 rings (SSSR count). The van der Waals surface area contributed by atoms with Gasteiger partial charge in [0.15, 0.2) is 10.9 Å². The zero-order valence-corrected chi connectivity index (χ0v) is 20.8. The first-order valence-corrected chi connectivity index (χ1v) is 12.4. The third-order valence-corrected chi connectivity index (χ3v) is 6.72. The molecule has 0 aliphatic rings. The first kappa shape index (κ1) is 24.4. The molecule has 0 saturated heterocycles. The van der Waals surface area contributed by atoms with Gasteiger partial charge in [-0.25, -0.2) is 4.98 Å². The fourth-order valence-electron chi connectivity index (χ4n) is 3.99. The number of benzene rings is 3. The second-order valence-corrected chi connectivity index (χ2v) is 9.49. The van der Waals surface area contributed by atoms with Gasteiger partial charge in [-0.3, -0.25) is 19.0 Å². The number of nitrogens with one attached hydrogen (secondary N) is 1. The Morgan fingerprint density at radius 2 is 1.71 bits per heavy atom. The molecule has 3 aromatic carbocycles. The van der Waals surface area contributed by atoms with Crippen LogP contribution in [0.25, 0.3) is 16.6 Å². The van der Waals surface area contributed by atoms with E-state index in [1.54, 1.807) is 16.7 Å². The van der Waals surface area contributed by atoms with Crippen molar-refractivity contribution in [3.8, 4) is 5.69 Å². The van der Waals surface area contributed by atoms with E-state index < -0.39 is 6.04 Å². The van der Waals surface area contributed by atoms with Crippen LogP contribution >= 0.6 is 11.8 Å². The molecule has 35 heavy (non-hydrogen) atoms. The molecule has 1 unspecified atom stereocenters. The van der Waals surface area contributed by atoms with Gasteiger partial charge in [0.1, 0.15) is 0 Å². The molecule has 0 bridgehead atoms. The van der Waals surface area contributed by atoms with E-state index in [2.05, 4.69) is 5.32 Å². The Hall–Kier alpha value is -3.71. The van der Waals surface area contributed by atoms with Crippen LogP contribution in [-0.4, -0.2) is 33.0 Å². The van der Waals surface area contributed by atoms with Crippen LogP contribution in [0.15, 0.2) is 82.7 Å². The van der Waals surface area contributed by atoms with Crippen molar-refractivity contribution < 1.29 is 9.59 Å². The SMILES string of the molecule is CC(=O)C(Cc1ccccc1)NC(=O)CSc1nc2ccccc2c(=O)n1-c1ccc(C)cc1C.